The van der Waals surface area contributed by atoms with E-state index in [4.69, 9.17) is 0 Å². The number of hydrogen-bond acceptors (Lipinski definition) is 3. The molecule has 2 aromatic carbocycles. The number of carbonyl (C=O) groups is 1. The summed E-state index contributed by atoms with van der Waals surface area (Å²) in [6, 6.07) is 20.6. The first-order valence-corrected chi connectivity index (χ1v) is 9.93. The zero-order chi connectivity index (χ0) is 19.2. The number of rotatable bonds is 6. The normalized spacial score (nSPS) is 16.6. The molecule has 1 aliphatic rings. The monoisotopic (exact) mass is 374 g/mol. The number of nitrogens with zero attached hydrogens (tertiary/aromatic N) is 2. The Morgan fingerprint density at radius 2 is 1.86 bits per heavy atom. The Bertz CT molecular complexity index is 896. The molecule has 1 aromatic heterocycles. The zero-order valence-electron chi connectivity index (χ0n) is 16.0. The number of carbonyl (C=O) groups excluding carboxylic acids is 1. The maximum absolute atomic E-state index is 12.3. The van der Waals surface area contributed by atoms with Crippen LogP contribution in [0.25, 0.3) is 11.1 Å². The lowest BCUT2D eigenvalue weighted by Crippen LogP contribution is -2.29. The number of amides is 1. The topological polar surface area (TPSA) is 59.0 Å². The van der Waals surface area contributed by atoms with Crippen molar-refractivity contribution in [2.45, 2.75) is 31.8 Å². The summed E-state index contributed by atoms with van der Waals surface area (Å²) < 4.78 is 1.73. The summed E-state index contributed by atoms with van der Waals surface area (Å²) in [5, 5.41) is 11.0. The van der Waals surface area contributed by atoms with E-state index in [1.807, 2.05) is 30.5 Å². The number of benzene rings is 2. The molecule has 5 nitrogen and oxygen atoms in total. The van der Waals surface area contributed by atoms with Crippen molar-refractivity contribution in [2.75, 3.05) is 13.1 Å². The van der Waals surface area contributed by atoms with Gasteiger partial charge in [-0.15, -0.1) is 0 Å². The lowest BCUT2D eigenvalue weighted by Gasteiger charge is -2.20. The minimum absolute atomic E-state index is 0.0245. The maximum atomic E-state index is 12.3. The van der Waals surface area contributed by atoms with Gasteiger partial charge in [0.1, 0.15) is 6.54 Å². The van der Waals surface area contributed by atoms with E-state index in [0.717, 1.165) is 30.8 Å². The molecule has 0 saturated carbocycles. The van der Waals surface area contributed by atoms with Crippen molar-refractivity contribution in [3.63, 3.8) is 0 Å². The van der Waals surface area contributed by atoms with Crippen LogP contribution in [0.5, 0.6) is 0 Å². The first-order valence-electron chi connectivity index (χ1n) is 9.93. The van der Waals surface area contributed by atoms with Crippen LogP contribution in [0.15, 0.2) is 66.9 Å². The van der Waals surface area contributed by atoms with Crippen molar-refractivity contribution >= 4 is 5.91 Å². The fourth-order valence-electron chi connectivity index (χ4n) is 3.64. The molecule has 0 unspecified atom stereocenters. The second kappa shape index (κ2) is 8.85. The average Bonchev–Trinajstić information content (AvgIpc) is 3.22. The number of piperidine rings is 1. The molecule has 1 amide bonds. The van der Waals surface area contributed by atoms with Crippen molar-refractivity contribution in [3.8, 4) is 11.1 Å². The second-order valence-corrected chi connectivity index (χ2v) is 7.32. The Morgan fingerprint density at radius 1 is 1.07 bits per heavy atom. The molecule has 1 aliphatic heterocycles. The molecular weight excluding hydrogens is 348 g/mol. The Labute approximate surface area is 165 Å². The molecule has 0 radical (unpaired) electrons. The Balaban J connectivity index is 1.28. The van der Waals surface area contributed by atoms with Crippen molar-refractivity contribution in [3.05, 3.63) is 78.1 Å². The number of aromatic nitrogens is 2. The molecule has 2 heterocycles. The molecule has 0 aliphatic carbocycles. The van der Waals surface area contributed by atoms with E-state index in [2.05, 4.69) is 52.1 Å². The third kappa shape index (κ3) is 4.67. The van der Waals surface area contributed by atoms with Crippen LogP contribution in [-0.2, 0) is 17.9 Å². The van der Waals surface area contributed by atoms with Crippen LogP contribution in [0.4, 0.5) is 0 Å². The van der Waals surface area contributed by atoms with E-state index in [9.17, 15) is 4.79 Å². The first kappa shape index (κ1) is 18.4. The summed E-state index contributed by atoms with van der Waals surface area (Å²) in [4.78, 5) is 12.3. The Kier molecular flexibility index (Phi) is 5.83. The van der Waals surface area contributed by atoms with Gasteiger partial charge in [0.2, 0.25) is 5.91 Å². The summed E-state index contributed by atoms with van der Waals surface area (Å²) in [6.07, 6.45) is 4.24. The van der Waals surface area contributed by atoms with Gasteiger partial charge in [-0.1, -0.05) is 54.6 Å². The molecule has 0 bridgehead atoms. The highest BCUT2D eigenvalue weighted by Gasteiger charge is 2.17. The smallest absolute Gasteiger partial charge is 0.241 e. The van der Waals surface area contributed by atoms with Crippen LogP contribution in [0.2, 0.25) is 0 Å². The molecule has 4 rings (SSSR count). The quantitative estimate of drug-likeness (QED) is 0.696. The number of hydrogen-bond donors (Lipinski definition) is 2. The van der Waals surface area contributed by atoms with Crippen molar-refractivity contribution in [2.24, 2.45) is 0 Å². The Hall–Kier alpha value is -2.92. The second-order valence-electron chi connectivity index (χ2n) is 7.32. The van der Waals surface area contributed by atoms with Gasteiger partial charge in [-0.3, -0.25) is 9.48 Å². The molecule has 1 atom stereocenters. The van der Waals surface area contributed by atoms with E-state index >= 15 is 0 Å². The zero-order valence-corrected chi connectivity index (χ0v) is 16.0. The van der Waals surface area contributed by atoms with Crippen molar-refractivity contribution in [1.82, 2.24) is 20.4 Å². The summed E-state index contributed by atoms with van der Waals surface area (Å²) >= 11 is 0. The fraction of sp³-hybridized carbons (Fsp3) is 0.304. The van der Waals surface area contributed by atoms with Gasteiger partial charge >= 0.3 is 0 Å². The van der Waals surface area contributed by atoms with Gasteiger partial charge in [0.15, 0.2) is 0 Å². The van der Waals surface area contributed by atoms with Gasteiger partial charge < -0.3 is 10.6 Å². The van der Waals surface area contributed by atoms with Gasteiger partial charge in [-0.05, 0) is 42.1 Å². The number of nitrogens with one attached hydrogen (secondary N) is 2. The van der Waals surface area contributed by atoms with Gasteiger partial charge in [0.25, 0.3) is 0 Å². The summed E-state index contributed by atoms with van der Waals surface area (Å²) in [6.45, 7) is 2.84. The molecule has 1 saturated heterocycles. The predicted molar refractivity (Wildman–Crippen MR) is 111 cm³/mol. The summed E-state index contributed by atoms with van der Waals surface area (Å²) in [5.74, 6) is 0.435. The van der Waals surface area contributed by atoms with Crippen molar-refractivity contribution < 1.29 is 4.79 Å². The molecule has 3 aromatic rings. The van der Waals surface area contributed by atoms with Gasteiger partial charge in [0.05, 0.1) is 5.69 Å². The van der Waals surface area contributed by atoms with Crippen LogP contribution in [0.1, 0.15) is 30.0 Å². The van der Waals surface area contributed by atoms with Crippen LogP contribution in [0.3, 0.4) is 0 Å². The largest absolute Gasteiger partial charge is 0.350 e. The molecule has 5 heteroatoms. The SMILES string of the molecule is O=C(Cn1ccc([C@@H]2CCCNC2)n1)NCc1ccc(-c2ccccc2)cc1. The van der Waals surface area contributed by atoms with Gasteiger partial charge in [0, 0.05) is 25.2 Å². The van der Waals surface area contributed by atoms with E-state index in [-0.39, 0.29) is 12.5 Å². The highest BCUT2D eigenvalue weighted by Crippen LogP contribution is 2.21. The third-order valence-electron chi connectivity index (χ3n) is 5.23. The standard InChI is InChI=1S/C23H26N4O/c28-23(17-27-14-12-22(26-27)21-7-4-13-24-16-21)25-15-18-8-10-20(11-9-18)19-5-2-1-3-6-19/h1-3,5-6,8-12,14,21,24H,4,7,13,15-17H2,(H,25,28)/t21-/m1/s1. The van der Waals surface area contributed by atoms with Crippen LogP contribution < -0.4 is 10.6 Å². The molecule has 28 heavy (non-hydrogen) atoms. The predicted octanol–water partition coefficient (Wildman–Crippen LogP) is 3.33. The fourth-order valence-corrected chi connectivity index (χ4v) is 3.64. The van der Waals surface area contributed by atoms with Crippen LogP contribution in [-0.4, -0.2) is 28.8 Å². The van der Waals surface area contributed by atoms with E-state index < -0.39 is 0 Å². The summed E-state index contributed by atoms with van der Waals surface area (Å²) in [7, 11) is 0. The van der Waals surface area contributed by atoms with Gasteiger partial charge in [-0.25, -0.2) is 0 Å². The highest BCUT2D eigenvalue weighted by atomic mass is 16.2. The first-order chi connectivity index (χ1) is 13.8. The molecule has 2 N–H and O–H groups in total. The molecule has 1 fully saturated rings. The maximum Gasteiger partial charge on any atom is 0.241 e. The minimum atomic E-state index is -0.0245. The average molecular weight is 374 g/mol. The lowest BCUT2D eigenvalue weighted by molar-refractivity contribution is -0.122. The van der Waals surface area contributed by atoms with Crippen LogP contribution in [0, 0.1) is 0 Å². The van der Waals surface area contributed by atoms with Gasteiger partial charge in [-0.2, -0.15) is 5.10 Å². The molecule has 0 spiro atoms. The summed E-state index contributed by atoms with van der Waals surface area (Å²) in [5.41, 5.74) is 4.54. The minimum Gasteiger partial charge on any atom is -0.350 e. The highest BCUT2D eigenvalue weighted by molar-refractivity contribution is 5.75. The van der Waals surface area contributed by atoms with E-state index in [1.165, 1.54) is 17.5 Å². The van der Waals surface area contributed by atoms with Crippen molar-refractivity contribution in [1.29, 1.82) is 0 Å². The van der Waals surface area contributed by atoms with Crippen LogP contribution >= 0.6 is 0 Å². The van der Waals surface area contributed by atoms with E-state index in [0.29, 0.717) is 12.5 Å². The molecule has 144 valence electrons. The van der Waals surface area contributed by atoms with E-state index in [1.54, 1.807) is 4.68 Å². The third-order valence-corrected chi connectivity index (χ3v) is 5.23. The lowest BCUT2D eigenvalue weighted by atomic mass is 9.97. The Morgan fingerprint density at radius 3 is 2.61 bits per heavy atom. The molecular formula is C23H26N4O.